The van der Waals surface area contributed by atoms with Crippen LogP contribution in [-0.2, 0) is 10.3 Å². The summed E-state index contributed by atoms with van der Waals surface area (Å²) in [6, 6.07) is 17.2. The van der Waals surface area contributed by atoms with Gasteiger partial charge in [0.05, 0.1) is 10.8 Å². The first-order valence-corrected chi connectivity index (χ1v) is 12.3. The van der Waals surface area contributed by atoms with E-state index in [1.54, 1.807) is 36.5 Å². The van der Waals surface area contributed by atoms with Crippen molar-refractivity contribution in [3.05, 3.63) is 98.3 Å². The molecule has 2 fully saturated rings. The molecule has 0 bridgehead atoms. The molecule has 3 unspecified atom stereocenters. The fourth-order valence-electron chi connectivity index (χ4n) is 6.42. The van der Waals surface area contributed by atoms with Crippen molar-refractivity contribution in [3.63, 3.8) is 0 Å². The van der Waals surface area contributed by atoms with Gasteiger partial charge in [-0.3, -0.25) is 29.6 Å². The van der Waals surface area contributed by atoms with E-state index in [2.05, 4.69) is 31.1 Å². The van der Waals surface area contributed by atoms with Crippen molar-refractivity contribution >= 4 is 39.0 Å². The lowest BCUT2D eigenvalue weighted by Crippen LogP contribution is -2.53. The van der Waals surface area contributed by atoms with Crippen LogP contribution >= 0.6 is 15.9 Å². The third kappa shape index (κ3) is 3.11. The average Bonchev–Trinajstić information content (AvgIpc) is 3.52. The molecule has 0 aliphatic carbocycles. The van der Waals surface area contributed by atoms with E-state index in [0.717, 1.165) is 22.9 Å². The second-order valence-electron chi connectivity index (χ2n) is 9.25. The van der Waals surface area contributed by atoms with Gasteiger partial charge in [0, 0.05) is 46.0 Å². The molecule has 2 saturated heterocycles. The van der Waals surface area contributed by atoms with E-state index in [9.17, 15) is 19.7 Å². The second-order valence-corrected chi connectivity index (χ2v) is 10.2. The van der Waals surface area contributed by atoms with Gasteiger partial charge in [-0.05, 0) is 55.3 Å². The number of carbonyl (C=O) groups excluding carboxylic acids is 2. The molecule has 35 heavy (non-hydrogen) atoms. The number of nitro benzene ring substituents is 1. The minimum atomic E-state index is -1.23. The number of carbonyl (C=O) groups is 2. The first-order valence-electron chi connectivity index (χ1n) is 11.5. The lowest BCUT2D eigenvalue weighted by molar-refractivity contribution is -0.384. The fraction of sp³-hybridized carbons (Fsp3) is 0.269. The first kappa shape index (κ1) is 22.1. The first-order chi connectivity index (χ1) is 16.9. The number of rotatable bonds is 4. The summed E-state index contributed by atoms with van der Waals surface area (Å²) < 4.78 is 0.811. The largest absolute Gasteiger partial charge is 0.324 e. The van der Waals surface area contributed by atoms with Crippen LogP contribution in [0.5, 0.6) is 0 Å². The van der Waals surface area contributed by atoms with Gasteiger partial charge in [-0.25, -0.2) is 0 Å². The highest BCUT2D eigenvalue weighted by molar-refractivity contribution is 9.10. The number of Topliss-reactive ketones (excluding diaryl/α,β-unsaturated/α-hetero) is 1. The number of non-ortho nitro benzene ring substituents is 1. The zero-order valence-electron chi connectivity index (χ0n) is 18.6. The highest BCUT2D eigenvalue weighted by Gasteiger charge is 2.69. The third-order valence-corrected chi connectivity index (χ3v) is 8.12. The van der Waals surface area contributed by atoms with Crippen LogP contribution < -0.4 is 5.32 Å². The predicted octanol–water partition coefficient (Wildman–Crippen LogP) is 4.66. The van der Waals surface area contributed by atoms with Gasteiger partial charge in [0.1, 0.15) is 11.2 Å². The smallest absolute Gasteiger partial charge is 0.269 e. The van der Waals surface area contributed by atoms with Gasteiger partial charge in [0.25, 0.3) is 5.69 Å². The number of benzene rings is 2. The summed E-state index contributed by atoms with van der Waals surface area (Å²) in [6.45, 7) is 0.654. The summed E-state index contributed by atoms with van der Waals surface area (Å²) in [4.78, 5) is 45.9. The zero-order chi connectivity index (χ0) is 24.3. The van der Waals surface area contributed by atoms with E-state index in [0.29, 0.717) is 17.8 Å². The van der Waals surface area contributed by atoms with Crippen molar-refractivity contribution in [2.75, 3.05) is 11.9 Å². The standard InChI is InChI=1S/C26H21BrN4O4/c27-16-9-10-19-18(14-16)26(25(33)29-19)23(24(32)20-7-1-2-11-28-20)22(21-8-4-12-30(21)26)15-5-3-6-17(13-15)31(34)35/h1-3,5-7,9-11,13-14,21-23H,4,8,12H2,(H,29,33)/t21?,22?,23?,26-/m1/s1. The molecule has 3 aliphatic rings. The van der Waals surface area contributed by atoms with E-state index >= 15 is 0 Å². The summed E-state index contributed by atoms with van der Waals surface area (Å²) in [5.41, 5.74) is 1.15. The van der Waals surface area contributed by atoms with Crippen molar-refractivity contribution in [2.45, 2.75) is 30.3 Å². The van der Waals surface area contributed by atoms with Crippen LogP contribution in [0.1, 0.15) is 40.4 Å². The molecule has 8 nitrogen and oxygen atoms in total. The Kier molecular flexibility index (Phi) is 5.08. The number of ketones is 1. The van der Waals surface area contributed by atoms with Gasteiger partial charge in [-0.15, -0.1) is 0 Å². The highest BCUT2D eigenvalue weighted by Crippen LogP contribution is 2.61. The van der Waals surface area contributed by atoms with E-state index in [-0.39, 0.29) is 29.1 Å². The van der Waals surface area contributed by atoms with Crippen LogP contribution in [0.15, 0.2) is 71.3 Å². The number of aromatic nitrogens is 1. The van der Waals surface area contributed by atoms with Crippen LogP contribution in [0.2, 0.25) is 0 Å². The molecule has 1 spiro atoms. The van der Waals surface area contributed by atoms with Crippen LogP contribution in [0, 0.1) is 16.0 Å². The molecular formula is C26H21BrN4O4. The highest BCUT2D eigenvalue weighted by atomic mass is 79.9. The maximum Gasteiger partial charge on any atom is 0.269 e. The van der Waals surface area contributed by atoms with Crippen molar-refractivity contribution in [1.82, 2.24) is 9.88 Å². The van der Waals surface area contributed by atoms with E-state index < -0.39 is 22.3 Å². The minimum absolute atomic E-state index is 0.0314. The quantitative estimate of drug-likeness (QED) is 0.297. The Morgan fingerprint density at radius 3 is 2.80 bits per heavy atom. The molecule has 2 aromatic carbocycles. The van der Waals surface area contributed by atoms with Crippen LogP contribution in [0.4, 0.5) is 11.4 Å². The normalized spacial score (nSPS) is 27.0. The molecule has 176 valence electrons. The second kappa shape index (κ2) is 8.07. The Morgan fingerprint density at radius 1 is 1.17 bits per heavy atom. The average molecular weight is 533 g/mol. The van der Waals surface area contributed by atoms with Crippen molar-refractivity contribution in [3.8, 4) is 0 Å². The molecule has 3 aliphatic heterocycles. The number of amides is 1. The monoisotopic (exact) mass is 532 g/mol. The molecular weight excluding hydrogens is 512 g/mol. The van der Waals surface area contributed by atoms with E-state index in [4.69, 9.17) is 0 Å². The Morgan fingerprint density at radius 2 is 2.03 bits per heavy atom. The van der Waals surface area contributed by atoms with Gasteiger partial charge in [-0.2, -0.15) is 0 Å². The maximum absolute atomic E-state index is 14.3. The molecule has 0 saturated carbocycles. The fourth-order valence-corrected chi connectivity index (χ4v) is 6.78. The molecule has 1 amide bonds. The number of nitrogens with zero attached hydrogens (tertiary/aromatic N) is 3. The Balaban J connectivity index is 1.63. The third-order valence-electron chi connectivity index (χ3n) is 7.63. The molecule has 3 aromatic rings. The van der Waals surface area contributed by atoms with Gasteiger partial charge in [-0.1, -0.05) is 34.1 Å². The van der Waals surface area contributed by atoms with Crippen LogP contribution in [0.25, 0.3) is 0 Å². The molecule has 6 rings (SSSR count). The number of nitro groups is 1. The van der Waals surface area contributed by atoms with Crippen molar-refractivity contribution in [2.24, 2.45) is 5.92 Å². The van der Waals surface area contributed by atoms with Gasteiger partial charge >= 0.3 is 0 Å². The molecule has 1 N–H and O–H groups in total. The van der Waals surface area contributed by atoms with E-state index in [1.165, 1.54) is 6.07 Å². The summed E-state index contributed by atoms with van der Waals surface area (Å²) in [6.07, 6.45) is 3.23. The SMILES string of the molecule is O=C(c1ccccn1)C1C(c2cccc([N+](=O)[O-])c2)C2CCCN2[C@@]12C(=O)Nc1ccc(Br)cc12. The number of hydrogen-bond donors (Lipinski definition) is 1. The van der Waals surface area contributed by atoms with Crippen molar-refractivity contribution in [1.29, 1.82) is 0 Å². The van der Waals surface area contributed by atoms with Gasteiger partial charge in [0.2, 0.25) is 5.91 Å². The topological polar surface area (TPSA) is 105 Å². The Bertz CT molecular complexity index is 1380. The van der Waals surface area contributed by atoms with Gasteiger partial charge < -0.3 is 5.32 Å². The minimum Gasteiger partial charge on any atom is -0.324 e. The lowest BCUT2D eigenvalue weighted by atomic mass is 9.69. The van der Waals surface area contributed by atoms with Crippen LogP contribution in [0.3, 0.4) is 0 Å². The molecule has 0 radical (unpaired) electrons. The summed E-state index contributed by atoms with van der Waals surface area (Å²) in [5.74, 6) is -1.69. The molecule has 9 heteroatoms. The summed E-state index contributed by atoms with van der Waals surface area (Å²) >= 11 is 3.55. The number of anilines is 1. The number of fused-ring (bicyclic) bond motifs is 4. The van der Waals surface area contributed by atoms with Crippen molar-refractivity contribution < 1.29 is 14.5 Å². The van der Waals surface area contributed by atoms with Gasteiger partial charge in [0.15, 0.2) is 5.78 Å². The Labute approximate surface area is 209 Å². The van der Waals surface area contributed by atoms with Crippen LogP contribution in [-0.4, -0.2) is 39.1 Å². The van der Waals surface area contributed by atoms with E-state index in [1.807, 2.05) is 24.3 Å². The number of nitrogens with one attached hydrogen (secondary N) is 1. The Hall–Kier alpha value is -3.43. The zero-order valence-corrected chi connectivity index (χ0v) is 20.1. The lowest BCUT2D eigenvalue weighted by Gasteiger charge is -2.36. The maximum atomic E-state index is 14.3. The molecule has 4 heterocycles. The summed E-state index contributed by atoms with van der Waals surface area (Å²) in [5, 5.41) is 14.6. The number of pyridine rings is 1. The number of hydrogen-bond acceptors (Lipinski definition) is 6. The predicted molar refractivity (Wildman–Crippen MR) is 132 cm³/mol. The molecule has 4 atom stereocenters. The summed E-state index contributed by atoms with van der Waals surface area (Å²) in [7, 11) is 0. The number of halogens is 1. The molecule has 1 aromatic heterocycles.